The monoisotopic (exact) mass is 528 g/mol. The molecule has 0 aliphatic carbocycles. The van der Waals surface area contributed by atoms with Crippen LogP contribution in [0.2, 0.25) is 0 Å². The molecule has 3 rings (SSSR count). The molecule has 2 heterocycles. The molecular formula is C25H32N6O7. The van der Waals surface area contributed by atoms with E-state index in [9.17, 15) is 29.1 Å². The first-order chi connectivity index (χ1) is 18.2. The van der Waals surface area contributed by atoms with Crippen molar-refractivity contribution in [2.24, 2.45) is 5.73 Å². The molecule has 0 bridgehead atoms. The van der Waals surface area contributed by atoms with Gasteiger partial charge in [0.25, 0.3) is 0 Å². The van der Waals surface area contributed by atoms with E-state index >= 15 is 0 Å². The summed E-state index contributed by atoms with van der Waals surface area (Å²) in [6.45, 7) is 0.254. The number of hydrogen-bond donors (Lipinski definition) is 6. The molecule has 13 nitrogen and oxygen atoms in total. The fourth-order valence-electron chi connectivity index (χ4n) is 4.32. The van der Waals surface area contributed by atoms with Gasteiger partial charge in [-0.15, -0.1) is 0 Å². The van der Waals surface area contributed by atoms with E-state index in [1.54, 1.807) is 24.3 Å². The topological polar surface area (TPSA) is 208 Å². The molecule has 7 N–H and O–H groups in total. The van der Waals surface area contributed by atoms with Gasteiger partial charge in [-0.2, -0.15) is 0 Å². The van der Waals surface area contributed by atoms with Crippen LogP contribution >= 0.6 is 0 Å². The molecule has 3 amide bonds. The highest BCUT2D eigenvalue weighted by atomic mass is 16.4. The van der Waals surface area contributed by atoms with Gasteiger partial charge in [0.1, 0.15) is 18.1 Å². The number of nitrogens with zero attached hydrogens (tertiary/aromatic N) is 2. The molecule has 204 valence electrons. The Morgan fingerprint density at radius 1 is 1.05 bits per heavy atom. The van der Waals surface area contributed by atoms with Crippen molar-refractivity contribution in [3.8, 4) is 0 Å². The van der Waals surface area contributed by atoms with Gasteiger partial charge in [0, 0.05) is 37.7 Å². The summed E-state index contributed by atoms with van der Waals surface area (Å²) < 4.78 is 0. The predicted molar refractivity (Wildman–Crippen MR) is 134 cm³/mol. The van der Waals surface area contributed by atoms with Crippen LogP contribution in [0.15, 0.2) is 42.9 Å². The molecular weight excluding hydrogens is 496 g/mol. The van der Waals surface area contributed by atoms with Crippen LogP contribution in [-0.4, -0.2) is 85.5 Å². The quantitative estimate of drug-likeness (QED) is 0.196. The standard InChI is InChI=1S/C25H32N6O7/c26-17(8-9-21(32)33)22(34)29-18(12-16-13-27-14-28-16)23(35)30-19(11-15-5-2-1-3-6-15)24(36)31-10-4-7-20(31)25(37)38/h1-3,5-6,13-14,17-20H,4,7-12,26H2,(H,27,28)(H,29,34)(H,30,35)(H,32,33)(H,37,38). The van der Waals surface area contributed by atoms with Crippen molar-refractivity contribution < 1.29 is 34.2 Å². The highest BCUT2D eigenvalue weighted by Crippen LogP contribution is 2.20. The van der Waals surface area contributed by atoms with E-state index in [1.165, 1.54) is 17.4 Å². The third kappa shape index (κ3) is 7.87. The van der Waals surface area contributed by atoms with E-state index in [2.05, 4.69) is 20.6 Å². The van der Waals surface area contributed by atoms with Gasteiger partial charge in [-0.05, 0) is 24.8 Å². The molecule has 0 spiro atoms. The average Bonchev–Trinajstić information content (AvgIpc) is 3.59. The van der Waals surface area contributed by atoms with Crippen molar-refractivity contribution in [1.82, 2.24) is 25.5 Å². The lowest BCUT2D eigenvalue weighted by Crippen LogP contribution is -2.58. The molecule has 0 saturated carbocycles. The third-order valence-electron chi connectivity index (χ3n) is 6.34. The molecule has 1 aromatic carbocycles. The highest BCUT2D eigenvalue weighted by molar-refractivity contribution is 5.94. The van der Waals surface area contributed by atoms with Gasteiger partial charge in [0.2, 0.25) is 17.7 Å². The summed E-state index contributed by atoms with van der Waals surface area (Å²) in [6, 6.07) is 4.56. The number of nitrogens with one attached hydrogen (secondary N) is 3. The average molecular weight is 529 g/mol. The Bertz CT molecular complexity index is 1120. The van der Waals surface area contributed by atoms with Crippen molar-refractivity contribution in [1.29, 1.82) is 0 Å². The smallest absolute Gasteiger partial charge is 0.326 e. The van der Waals surface area contributed by atoms with Crippen molar-refractivity contribution in [2.75, 3.05) is 6.54 Å². The Kier molecular flexibility index (Phi) is 9.93. The number of imidazole rings is 1. The van der Waals surface area contributed by atoms with E-state index in [1.807, 2.05) is 6.07 Å². The maximum Gasteiger partial charge on any atom is 0.326 e. The van der Waals surface area contributed by atoms with E-state index < -0.39 is 53.8 Å². The number of benzene rings is 1. The molecule has 0 radical (unpaired) electrons. The number of likely N-dealkylation sites (tertiary alicyclic amines) is 1. The molecule has 2 aromatic rings. The van der Waals surface area contributed by atoms with Crippen LogP contribution in [0, 0.1) is 0 Å². The molecule has 1 aromatic heterocycles. The maximum absolute atomic E-state index is 13.5. The second kappa shape index (κ2) is 13.3. The van der Waals surface area contributed by atoms with Crippen LogP contribution in [0.4, 0.5) is 0 Å². The van der Waals surface area contributed by atoms with Crippen molar-refractivity contribution >= 4 is 29.7 Å². The van der Waals surface area contributed by atoms with Crippen LogP contribution in [0.25, 0.3) is 0 Å². The van der Waals surface area contributed by atoms with Crippen LogP contribution in [-0.2, 0) is 36.8 Å². The number of nitrogens with two attached hydrogens (primary N) is 1. The van der Waals surface area contributed by atoms with Crippen molar-refractivity contribution in [3.05, 3.63) is 54.1 Å². The minimum Gasteiger partial charge on any atom is -0.481 e. The number of aromatic nitrogens is 2. The Balaban J connectivity index is 1.81. The molecule has 1 aliphatic rings. The van der Waals surface area contributed by atoms with Gasteiger partial charge in [0.05, 0.1) is 12.4 Å². The predicted octanol–water partition coefficient (Wildman–Crippen LogP) is -0.568. The minimum absolute atomic E-state index is 0.00304. The Morgan fingerprint density at radius 2 is 1.76 bits per heavy atom. The van der Waals surface area contributed by atoms with E-state index in [0.29, 0.717) is 18.5 Å². The summed E-state index contributed by atoms with van der Waals surface area (Å²) in [6.07, 6.45) is 3.40. The van der Waals surface area contributed by atoms with Gasteiger partial charge >= 0.3 is 11.9 Å². The number of H-pyrrole nitrogens is 1. The van der Waals surface area contributed by atoms with Crippen LogP contribution in [0.3, 0.4) is 0 Å². The molecule has 1 fully saturated rings. The zero-order valence-electron chi connectivity index (χ0n) is 20.7. The zero-order chi connectivity index (χ0) is 27.7. The van der Waals surface area contributed by atoms with Gasteiger partial charge in [0.15, 0.2) is 0 Å². The maximum atomic E-state index is 13.5. The Labute approximate surface area is 218 Å². The summed E-state index contributed by atoms with van der Waals surface area (Å²) in [7, 11) is 0. The summed E-state index contributed by atoms with van der Waals surface area (Å²) >= 11 is 0. The van der Waals surface area contributed by atoms with Gasteiger partial charge in [-0.3, -0.25) is 19.2 Å². The number of rotatable bonds is 13. The minimum atomic E-state index is -1.17. The third-order valence-corrected chi connectivity index (χ3v) is 6.34. The summed E-state index contributed by atoms with van der Waals surface area (Å²) in [5.41, 5.74) is 7.10. The SMILES string of the molecule is NC(CCC(=O)O)C(=O)NC(Cc1cnc[nH]1)C(=O)NC(Cc1ccccc1)C(=O)N1CCCC1C(=O)O. The van der Waals surface area contributed by atoms with Crippen LogP contribution in [0.5, 0.6) is 0 Å². The van der Waals surface area contributed by atoms with Crippen molar-refractivity contribution in [2.45, 2.75) is 62.7 Å². The summed E-state index contributed by atoms with van der Waals surface area (Å²) in [4.78, 5) is 70.2. The second-order valence-electron chi connectivity index (χ2n) is 9.16. The fourth-order valence-corrected chi connectivity index (χ4v) is 4.32. The van der Waals surface area contributed by atoms with E-state index in [0.717, 1.165) is 5.56 Å². The highest BCUT2D eigenvalue weighted by Gasteiger charge is 2.38. The zero-order valence-corrected chi connectivity index (χ0v) is 20.7. The Hall–Kier alpha value is -4.26. The number of aromatic amines is 1. The molecule has 1 saturated heterocycles. The molecule has 13 heteroatoms. The fraction of sp³-hybridized carbons (Fsp3) is 0.440. The van der Waals surface area contributed by atoms with E-state index in [4.69, 9.17) is 10.8 Å². The Morgan fingerprint density at radius 3 is 2.39 bits per heavy atom. The lowest BCUT2D eigenvalue weighted by atomic mass is 10.0. The number of aliphatic carboxylic acids is 2. The largest absolute Gasteiger partial charge is 0.481 e. The first kappa shape index (κ1) is 28.3. The first-order valence-corrected chi connectivity index (χ1v) is 12.3. The van der Waals surface area contributed by atoms with Crippen molar-refractivity contribution in [3.63, 3.8) is 0 Å². The molecule has 4 atom stereocenters. The number of carboxylic acid groups (broad SMARTS) is 2. The number of amides is 3. The lowest BCUT2D eigenvalue weighted by Gasteiger charge is -2.29. The van der Waals surface area contributed by atoms with Crippen LogP contribution < -0.4 is 16.4 Å². The normalized spacial score (nSPS) is 17.3. The summed E-state index contributed by atoms with van der Waals surface area (Å²) in [5.74, 6) is -4.15. The summed E-state index contributed by atoms with van der Waals surface area (Å²) in [5, 5.41) is 23.7. The molecule has 1 aliphatic heterocycles. The van der Waals surface area contributed by atoms with Gasteiger partial charge in [-0.25, -0.2) is 9.78 Å². The van der Waals surface area contributed by atoms with E-state index in [-0.39, 0.29) is 32.2 Å². The first-order valence-electron chi connectivity index (χ1n) is 12.3. The number of carboxylic acids is 2. The second-order valence-corrected chi connectivity index (χ2v) is 9.16. The lowest BCUT2D eigenvalue weighted by molar-refractivity contribution is -0.149. The molecule has 38 heavy (non-hydrogen) atoms. The molecule has 4 unspecified atom stereocenters. The van der Waals surface area contributed by atoms with Crippen LogP contribution in [0.1, 0.15) is 36.9 Å². The number of hydrogen-bond acceptors (Lipinski definition) is 7. The number of carbonyl (C=O) groups excluding carboxylic acids is 3. The number of carbonyl (C=O) groups is 5. The van der Waals surface area contributed by atoms with Gasteiger partial charge in [-0.1, -0.05) is 30.3 Å². The van der Waals surface area contributed by atoms with Gasteiger partial charge < -0.3 is 36.5 Å².